The van der Waals surface area contributed by atoms with E-state index in [1.165, 1.54) is 44.4 Å². The van der Waals surface area contributed by atoms with Crippen molar-refractivity contribution in [3.05, 3.63) is 63.6 Å². The summed E-state index contributed by atoms with van der Waals surface area (Å²) < 4.78 is 32.3. The van der Waals surface area contributed by atoms with Crippen LogP contribution in [0.15, 0.2) is 52.9 Å². The zero-order valence-corrected chi connectivity index (χ0v) is 18.4. The van der Waals surface area contributed by atoms with E-state index in [1.54, 1.807) is 18.2 Å². The predicted octanol–water partition coefficient (Wildman–Crippen LogP) is 3.12. The molecule has 1 saturated heterocycles. The zero-order valence-electron chi connectivity index (χ0n) is 16.1. The highest BCUT2D eigenvalue weighted by Crippen LogP contribution is 2.28. The third kappa shape index (κ3) is 4.30. The first-order chi connectivity index (χ1) is 14.1. The lowest BCUT2D eigenvalue weighted by Crippen LogP contribution is -2.47. The van der Waals surface area contributed by atoms with Gasteiger partial charge < -0.3 is 10.1 Å². The van der Waals surface area contributed by atoms with E-state index in [0.717, 1.165) is 0 Å². The van der Waals surface area contributed by atoms with E-state index in [2.05, 4.69) is 5.32 Å². The molecule has 1 heterocycles. The van der Waals surface area contributed by atoms with Crippen LogP contribution in [-0.4, -0.2) is 44.2 Å². The molecule has 0 bridgehead atoms. The van der Waals surface area contributed by atoms with Crippen molar-refractivity contribution >= 4 is 51.1 Å². The number of ether oxygens (including phenoxy) is 1. The van der Waals surface area contributed by atoms with Gasteiger partial charge in [-0.3, -0.25) is 9.59 Å². The molecule has 1 N–H and O–H groups in total. The van der Waals surface area contributed by atoms with Crippen LogP contribution in [0, 0.1) is 0 Å². The van der Waals surface area contributed by atoms with Crippen LogP contribution in [0.1, 0.15) is 12.5 Å². The maximum atomic E-state index is 13.3. The fraction of sp³-hybridized carbons (Fsp3) is 0.200. The molecule has 0 saturated carbocycles. The molecule has 10 heteroatoms. The minimum absolute atomic E-state index is 0.0609. The lowest BCUT2D eigenvalue weighted by atomic mass is 10.1. The standard InChI is InChI=1S/C20H18Cl2N2O5S/c1-12-19(25)23-11-14(9-13-10-16(22)5-8-18(13)29-2)20(26)24(12)30(27,28)17-6-3-15(21)4-7-17/h3-10,12H,11H2,1-2H3,(H,23,25)/b14-9+/t12-/m0/s1. The molecule has 3 rings (SSSR count). The van der Waals surface area contributed by atoms with Gasteiger partial charge in [0.15, 0.2) is 0 Å². The highest BCUT2D eigenvalue weighted by atomic mass is 35.5. The molecule has 0 radical (unpaired) electrons. The third-order valence-corrected chi connectivity index (χ3v) is 6.91. The summed E-state index contributed by atoms with van der Waals surface area (Å²) in [5.74, 6) is -0.976. The number of methoxy groups -OCH3 is 1. The molecular weight excluding hydrogens is 451 g/mol. The van der Waals surface area contributed by atoms with Gasteiger partial charge in [-0.1, -0.05) is 23.2 Å². The van der Waals surface area contributed by atoms with Crippen molar-refractivity contribution in [1.82, 2.24) is 9.62 Å². The van der Waals surface area contributed by atoms with Crippen molar-refractivity contribution in [2.75, 3.05) is 13.7 Å². The summed E-state index contributed by atoms with van der Waals surface area (Å²) in [6.07, 6.45) is 1.45. The summed E-state index contributed by atoms with van der Waals surface area (Å²) in [7, 11) is -2.86. The van der Waals surface area contributed by atoms with Crippen molar-refractivity contribution in [3.63, 3.8) is 0 Å². The molecule has 0 aliphatic carbocycles. The fourth-order valence-electron chi connectivity index (χ4n) is 2.99. The molecule has 2 amide bonds. The van der Waals surface area contributed by atoms with E-state index in [1.807, 2.05) is 0 Å². The van der Waals surface area contributed by atoms with Gasteiger partial charge in [-0.2, -0.15) is 0 Å². The van der Waals surface area contributed by atoms with Crippen molar-refractivity contribution < 1.29 is 22.7 Å². The van der Waals surface area contributed by atoms with Crippen molar-refractivity contribution in [3.8, 4) is 5.75 Å². The predicted molar refractivity (Wildman–Crippen MR) is 114 cm³/mol. The number of carbonyl (C=O) groups excluding carboxylic acids is 2. The molecule has 1 aliphatic heterocycles. The lowest BCUT2D eigenvalue weighted by Gasteiger charge is -2.25. The Balaban J connectivity index is 2.11. The number of nitrogens with zero attached hydrogens (tertiary/aromatic N) is 1. The van der Waals surface area contributed by atoms with Gasteiger partial charge in [0, 0.05) is 27.7 Å². The molecule has 0 unspecified atom stereocenters. The van der Waals surface area contributed by atoms with Crippen LogP contribution in [0.5, 0.6) is 5.75 Å². The van der Waals surface area contributed by atoms with Crippen molar-refractivity contribution in [2.45, 2.75) is 17.9 Å². The van der Waals surface area contributed by atoms with Crippen LogP contribution in [0.2, 0.25) is 10.0 Å². The molecule has 7 nitrogen and oxygen atoms in total. The molecule has 158 valence electrons. The van der Waals surface area contributed by atoms with Crippen molar-refractivity contribution in [2.24, 2.45) is 0 Å². The number of benzene rings is 2. The number of halogens is 2. The summed E-state index contributed by atoms with van der Waals surface area (Å²) in [6.45, 7) is 1.20. The highest BCUT2D eigenvalue weighted by Gasteiger charge is 2.40. The Morgan fingerprint density at radius 2 is 1.73 bits per heavy atom. The Bertz CT molecular complexity index is 1130. The monoisotopic (exact) mass is 468 g/mol. The molecule has 1 fully saturated rings. The average Bonchev–Trinajstić information content (AvgIpc) is 2.80. The Morgan fingerprint density at radius 3 is 2.37 bits per heavy atom. The Kier molecular flexibility index (Phi) is 6.40. The second-order valence-electron chi connectivity index (χ2n) is 6.51. The number of sulfonamides is 1. The van der Waals surface area contributed by atoms with E-state index in [4.69, 9.17) is 27.9 Å². The normalized spacial score (nSPS) is 18.9. The number of amides is 2. The van der Waals surface area contributed by atoms with Crippen LogP contribution in [0.3, 0.4) is 0 Å². The number of hydrogen-bond acceptors (Lipinski definition) is 5. The molecule has 2 aromatic rings. The average molecular weight is 469 g/mol. The Labute approximate surface area is 184 Å². The summed E-state index contributed by atoms with van der Waals surface area (Å²) in [5.41, 5.74) is 0.534. The SMILES string of the molecule is COc1ccc(Cl)cc1/C=C1\CNC(=O)[C@H](C)N(S(=O)(=O)c2ccc(Cl)cc2)C1=O. The van der Waals surface area contributed by atoms with Gasteiger partial charge in [-0.05, 0) is 55.5 Å². The Hall–Kier alpha value is -2.55. The minimum Gasteiger partial charge on any atom is -0.496 e. The van der Waals surface area contributed by atoms with Gasteiger partial charge in [-0.15, -0.1) is 0 Å². The molecule has 1 aliphatic rings. The summed E-state index contributed by atoms with van der Waals surface area (Å²) in [4.78, 5) is 25.5. The largest absolute Gasteiger partial charge is 0.496 e. The van der Waals surface area contributed by atoms with Gasteiger partial charge in [0.2, 0.25) is 5.91 Å². The van der Waals surface area contributed by atoms with Crippen molar-refractivity contribution in [1.29, 1.82) is 0 Å². The second-order valence-corrected chi connectivity index (χ2v) is 9.20. The topological polar surface area (TPSA) is 92.8 Å². The maximum Gasteiger partial charge on any atom is 0.267 e. The first-order valence-corrected chi connectivity index (χ1v) is 11.0. The summed E-state index contributed by atoms with van der Waals surface area (Å²) in [6, 6.07) is 8.94. The number of hydrogen-bond donors (Lipinski definition) is 1. The first kappa shape index (κ1) is 22.1. The van der Waals surface area contributed by atoms with E-state index < -0.39 is 27.9 Å². The molecule has 2 aromatic carbocycles. The van der Waals surface area contributed by atoms with E-state index in [-0.39, 0.29) is 17.0 Å². The summed E-state index contributed by atoms with van der Waals surface area (Å²) in [5, 5.41) is 3.33. The summed E-state index contributed by atoms with van der Waals surface area (Å²) >= 11 is 11.9. The second kappa shape index (κ2) is 8.67. The van der Waals surface area contributed by atoms with Crippen LogP contribution in [0.4, 0.5) is 0 Å². The van der Waals surface area contributed by atoms with E-state index in [9.17, 15) is 18.0 Å². The molecular formula is C20H18Cl2N2O5S. The van der Waals surface area contributed by atoms with Crippen LogP contribution < -0.4 is 10.1 Å². The van der Waals surface area contributed by atoms with Crippen LogP contribution >= 0.6 is 23.2 Å². The molecule has 0 aromatic heterocycles. The number of rotatable bonds is 4. The van der Waals surface area contributed by atoms with Crippen LogP contribution in [-0.2, 0) is 19.6 Å². The van der Waals surface area contributed by atoms with Gasteiger partial charge >= 0.3 is 0 Å². The fourth-order valence-corrected chi connectivity index (χ4v) is 4.85. The minimum atomic E-state index is -4.32. The van der Waals surface area contributed by atoms with Gasteiger partial charge in [0.05, 0.1) is 12.0 Å². The molecule has 1 atom stereocenters. The smallest absolute Gasteiger partial charge is 0.267 e. The maximum absolute atomic E-state index is 13.3. The van der Waals surface area contributed by atoms with E-state index in [0.29, 0.717) is 25.7 Å². The van der Waals surface area contributed by atoms with E-state index >= 15 is 0 Å². The molecule has 30 heavy (non-hydrogen) atoms. The third-order valence-electron chi connectivity index (χ3n) is 4.55. The van der Waals surface area contributed by atoms with Gasteiger partial charge in [0.1, 0.15) is 11.8 Å². The van der Waals surface area contributed by atoms with Crippen LogP contribution in [0.25, 0.3) is 6.08 Å². The number of carbonyl (C=O) groups is 2. The highest BCUT2D eigenvalue weighted by molar-refractivity contribution is 7.89. The Morgan fingerprint density at radius 1 is 1.10 bits per heavy atom. The zero-order chi connectivity index (χ0) is 22.1. The van der Waals surface area contributed by atoms with Gasteiger partial charge in [-0.25, -0.2) is 12.7 Å². The lowest BCUT2D eigenvalue weighted by molar-refractivity contribution is -0.130. The van der Waals surface area contributed by atoms with Gasteiger partial charge in [0.25, 0.3) is 15.9 Å². The first-order valence-electron chi connectivity index (χ1n) is 8.81. The quantitative estimate of drug-likeness (QED) is 0.695. The number of nitrogens with one attached hydrogen (secondary N) is 1. The molecule has 0 spiro atoms.